The first-order valence-electron chi connectivity index (χ1n) is 16.5. The topological polar surface area (TPSA) is 147 Å². The van der Waals surface area contributed by atoms with E-state index in [1.165, 1.54) is 0 Å². The Morgan fingerprint density at radius 2 is 1.74 bits per heavy atom. The number of fused-ring (bicyclic) bond motifs is 5. The maximum Gasteiger partial charge on any atom is 0.220 e. The summed E-state index contributed by atoms with van der Waals surface area (Å²) in [4.78, 5) is 13.0. The Balaban J connectivity index is 1.29. The average molecular weight is 619 g/mol. The lowest BCUT2D eigenvalue weighted by atomic mass is 9.41. The smallest absolute Gasteiger partial charge is 0.220 e. The molecule has 1 aromatic rings. The molecule has 5 rings (SSSR count). The minimum absolute atomic E-state index is 0.000762. The number of hydrogen-bond donors (Lipinski definition) is 4. The highest BCUT2D eigenvalue weighted by molar-refractivity contribution is 7.85. The van der Waals surface area contributed by atoms with Crippen LogP contribution in [0.2, 0.25) is 0 Å². The molecule has 9 heteroatoms. The van der Waals surface area contributed by atoms with Crippen molar-refractivity contribution in [2.75, 3.05) is 5.75 Å². The number of benzene rings is 1. The molecule has 43 heavy (non-hydrogen) atoms. The number of carbonyl (C=O) groups excluding carboxylic acids is 1. The summed E-state index contributed by atoms with van der Waals surface area (Å²) in [7, 11) is -4.55. The highest BCUT2D eigenvalue weighted by Gasteiger charge is 2.67. The first-order chi connectivity index (χ1) is 20.2. The van der Waals surface area contributed by atoms with Gasteiger partial charge in [0.25, 0.3) is 0 Å². The molecule has 0 aromatic heterocycles. The highest BCUT2D eigenvalue weighted by Crippen LogP contribution is 2.69. The van der Waals surface area contributed by atoms with E-state index in [-0.39, 0.29) is 70.7 Å². The van der Waals surface area contributed by atoms with Crippen LogP contribution in [-0.4, -0.2) is 58.3 Å². The summed E-state index contributed by atoms with van der Waals surface area (Å²) < 4.78 is 34.7. The molecular weight excluding hydrogens is 566 g/mol. The molecule has 4 aliphatic carbocycles. The highest BCUT2D eigenvalue weighted by atomic mass is 32.2. The Kier molecular flexibility index (Phi) is 9.44. The Morgan fingerprint density at radius 3 is 2.40 bits per heavy atom. The predicted octanol–water partition coefficient (Wildman–Crippen LogP) is 4.40. The van der Waals surface area contributed by atoms with Gasteiger partial charge in [-0.2, -0.15) is 0 Å². The van der Waals surface area contributed by atoms with Crippen LogP contribution < -0.4 is 5.32 Å². The van der Waals surface area contributed by atoms with Gasteiger partial charge in [0, 0.05) is 6.42 Å². The summed E-state index contributed by atoms with van der Waals surface area (Å²) in [6.45, 7) is 8.88. The van der Waals surface area contributed by atoms with Crippen LogP contribution in [0, 0.1) is 52.3 Å². The average Bonchev–Trinajstić information content (AvgIpc) is 3.31. The summed E-state index contributed by atoms with van der Waals surface area (Å²) in [6.07, 6.45) is 5.43. The minimum Gasteiger partial charge on any atom is -0.748 e. The van der Waals surface area contributed by atoms with E-state index in [1.54, 1.807) is 30.3 Å². The van der Waals surface area contributed by atoms with Crippen molar-refractivity contribution in [2.45, 2.75) is 110 Å². The summed E-state index contributed by atoms with van der Waals surface area (Å²) in [6, 6.07) is 7.79. The van der Waals surface area contributed by atoms with Crippen molar-refractivity contribution < 1.29 is 33.1 Å². The molecule has 4 aliphatic rings. The number of aliphatic hydroxyl groups excluding tert-OH is 3. The van der Waals surface area contributed by atoms with Gasteiger partial charge in [0.15, 0.2) is 0 Å². The van der Waals surface area contributed by atoms with Gasteiger partial charge in [-0.1, -0.05) is 64.4 Å². The molecule has 242 valence electrons. The molecule has 4 fully saturated rings. The van der Waals surface area contributed by atoms with E-state index in [9.17, 15) is 33.1 Å². The van der Waals surface area contributed by atoms with Crippen LogP contribution in [0.4, 0.5) is 0 Å². The third-order valence-corrected chi connectivity index (χ3v) is 13.7. The molecule has 4 N–H and O–H groups in total. The fourth-order valence-corrected chi connectivity index (χ4v) is 11.5. The van der Waals surface area contributed by atoms with Gasteiger partial charge in [-0.05, 0) is 103 Å². The zero-order valence-electron chi connectivity index (χ0n) is 26.2. The maximum atomic E-state index is 13.0. The van der Waals surface area contributed by atoms with E-state index in [2.05, 4.69) is 33.0 Å². The van der Waals surface area contributed by atoms with Crippen LogP contribution >= 0.6 is 0 Å². The van der Waals surface area contributed by atoms with Gasteiger partial charge in [0.05, 0.1) is 40.2 Å². The Morgan fingerprint density at radius 1 is 1.05 bits per heavy atom. The molecule has 13 atom stereocenters. The van der Waals surface area contributed by atoms with E-state index >= 15 is 0 Å². The van der Waals surface area contributed by atoms with Gasteiger partial charge in [-0.3, -0.25) is 4.79 Å². The second-order valence-corrected chi connectivity index (χ2v) is 16.4. The molecule has 8 nitrogen and oxygen atoms in total. The number of amides is 1. The number of nitrogens with one attached hydrogen (secondary N) is 1. The summed E-state index contributed by atoms with van der Waals surface area (Å²) in [5.74, 6) is 0.298. The van der Waals surface area contributed by atoms with Crippen molar-refractivity contribution in [3.05, 3.63) is 35.9 Å². The second-order valence-electron chi connectivity index (χ2n) is 15.0. The van der Waals surface area contributed by atoms with Crippen LogP contribution in [-0.2, 0) is 14.9 Å². The molecule has 0 saturated heterocycles. The second kappa shape index (κ2) is 12.3. The first-order valence-corrected chi connectivity index (χ1v) is 18.1. The van der Waals surface area contributed by atoms with Crippen molar-refractivity contribution >= 4 is 16.0 Å². The van der Waals surface area contributed by atoms with Crippen LogP contribution in [0.3, 0.4) is 0 Å². The largest absolute Gasteiger partial charge is 0.748 e. The van der Waals surface area contributed by atoms with E-state index in [4.69, 9.17) is 0 Å². The van der Waals surface area contributed by atoms with E-state index < -0.39 is 34.1 Å². The van der Waals surface area contributed by atoms with Crippen LogP contribution in [0.25, 0.3) is 0 Å². The Hall–Kier alpha value is -1.52. The predicted molar refractivity (Wildman–Crippen MR) is 163 cm³/mol. The lowest BCUT2D eigenvalue weighted by Crippen LogP contribution is -2.65. The lowest BCUT2D eigenvalue weighted by Gasteiger charge is -2.65. The summed E-state index contributed by atoms with van der Waals surface area (Å²) in [5.41, 5.74) is 0.215. The van der Waals surface area contributed by atoms with Gasteiger partial charge < -0.3 is 25.2 Å². The van der Waals surface area contributed by atoms with Crippen molar-refractivity contribution in [1.29, 1.82) is 0 Å². The van der Waals surface area contributed by atoms with Gasteiger partial charge in [0.1, 0.15) is 0 Å². The van der Waals surface area contributed by atoms with Crippen molar-refractivity contribution in [1.82, 2.24) is 5.32 Å². The minimum atomic E-state index is -4.55. The normalized spacial score (nSPS) is 42.3. The molecule has 0 spiro atoms. The Labute approximate surface area is 257 Å². The van der Waals surface area contributed by atoms with Crippen LogP contribution in [0.15, 0.2) is 30.3 Å². The molecule has 0 aliphatic heterocycles. The zero-order valence-corrected chi connectivity index (χ0v) is 27.0. The molecule has 1 amide bonds. The van der Waals surface area contributed by atoms with Gasteiger partial charge in [-0.25, -0.2) is 8.42 Å². The zero-order chi connectivity index (χ0) is 31.3. The number of rotatable bonds is 9. The fourth-order valence-electron chi connectivity index (χ4n) is 10.8. The van der Waals surface area contributed by atoms with E-state index in [0.717, 1.165) is 38.5 Å². The SMILES string of the molecule is CC[C@H]1[C@@H](O)[C@@H]2[C@H](C[C@H](O)[C@]3(C)[C@@H]([C@H](C)CCC(=O)N[C@H](CS(=O)(=O)[O-])c4ccccc4)CC[C@@H]23)[C@@]2(C)CC[C@@H](O)C[C@@H]12. The standard InChI is InChI=1S/C34H53NO7S/c1-5-23-26-17-22(36)15-16-33(26,3)27-18-29(37)34(4)24(12-13-25(34)31(27)32(23)39)20(2)11-14-30(38)35-28(19-43(40,41)42)21-9-7-6-8-10-21/h6-10,20,22-29,31-32,36-37,39H,5,11-19H2,1-4H3,(H,35,38)(H,40,41,42)/p-1/t20-,22-,23-,24-,25+,26+,27+,28-,29+,31+,32-,33+,34-/m1/s1. The first kappa shape index (κ1) is 32.9. The quantitative estimate of drug-likeness (QED) is 0.300. The maximum absolute atomic E-state index is 13.0. The summed E-state index contributed by atoms with van der Waals surface area (Å²) in [5, 5.41) is 37.1. The molecular formula is C34H52NO7S-. The third kappa shape index (κ3) is 6.06. The number of aliphatic hydroxyl groups is 3. The number of hydrogen-bond acceptors (Lipinski definition) is 7. The molecule has 0 heterocycles. The van der Waals surface area contributed by atoms with E-state index in [0.29, 0.717) is 18.4 Å². The van der Waals surface area contributed by atoms with Gasteiger partial charge in [-0.15, -0.1) is 0 Å². The van der Waals surface area contributed by atoms with Crippen molar-refractivity contribution in [3.63, 3.8) is 0 Å². The fraction of sp³-hybridized carbons (Fsp3) is 0.794. The van der Waals surface area contributed by atoms with Gasteiger partial charge >= 0.3 is 0 Å². The Bertz CT molecular complexity index is 1240. The molecule has 1 aromatic carbocycles. The van der Waals surface area contributed by atoms with Crippen molar-refractivity contribution in [2.24, 2.45) is 52.3 Å². The van der Waals surface area contributed by atoms with Crippen molar-refractivity contribution in [3.8, 4) is 0 Å². The van der Waals surface area contributed by atoms with Crippen LogP contribution in [0.5, 0.6) is 0 Å². The molecule has 0 radical (unpaired) electrons. The monoisotopic (exact) mass is 618 g/mol. The number of carbonyl (C=O) groups is 1. The molecule has 4 saturated carbocycles. The molecule has 0 unspecified atom stereocenters. The molecule has 0 bridgehead atoms. The summed E-state index contributed by atoms with van der Waals surface area (Å²) >= 11 is 0. The van der Waals surface area contributed by atoms with Crippen LogP contribution in [0.1, 0.15) is 97.1 Å². The third-order valence-electron chi connectivity index (χ3n) is 13.0. The van der Waals surface area contributed by atoms with E-state index in [1.807, 2.05) is 0 Å². The van der Waals surface area contributed by atoms with Gasteiger partial charge in [0.2, 0.25) is 5.91 Å². The lowest BCUT2D eigenvalue weighted by molar-refractivity contribution is -0.228.